The third-order valence-corrected chi connectivity index (χ3v) is 3.07. The van der Waals surface area contributed by atoms with Gasteiger partial charge in [0.2, 0.25) is 0 Å². The minimum absolute atomic E-state index is 0.794. The second kappa shape index (κ2) is 8.88. The van der Waals surface area contributed by atoms with Gasteiger partial charge in [-0.3, -0.25) is 0 Å². The third-order valence-electron chi connectivity index (χ3n) is 3.07. The minimum atomic E-state index is 0.794. The molecule has 1 aromatic rings. The van der Waals surface area contributed by atoms with Crippen LogP contribution in [0.15, 0.2) is 12.3 Å². The molecular weight excluding hydrogens is 238 g/mol. The number of nitrogens with one attached hydrogen (secondary N) is 1. The Morgan fingerprint density at radius 1 is 1.42 bits per heavy atom. The molecule has 108 valence electrons. The van der Waals surface area contributed by atoms with Crippen LogP contribution in [0.4, 0.5) is 5.82 Å². The number of anilines is 1. The number of methoxy groups -OCH3 is 1. The molecule has 0 aromatic carbocycles. The van der Waals surface area contributed by atoms with E-state index in [1.807, 2.05) is 6.20 Å². The molecule has 0 atom stereocenters. The molecule has 1 aromatic heterocycles. The second-order valence-corrected chi connectivity index (χ2v) is 4.93. The van der Waals surface area contributed by atoms with Gasteiger partial charge in [-0.1, -0.05) is 6.92 Å². The van der Waals surface area contributed by atoms with Gasteiger partial charge in [0.15, 0.2) is 0 Å². The van der Waals surface area contributed by atoms with E-state index < -0.39 is 0 Å². The van der Waals surface area contributed by atoms with Crippen LogP contribution in [0.5, 0.6) is 0 Å². The first-order chi connectivity index (χ1) is 9.19. The lowest BCUT2D eigenvalue weighted by Gasteiger charge is -2.20. The SMILES string of the molecule is CCCNCc1cnc(N(C)CCCOC)c(C)c1. The Bertz CT molecular complexity index is 368. The molecule has 1 N–H and O–H groups in total. The molecule has 1 heterocycles. The molecule has 19 heavy (non-hydrogen) atoms. The number of aromatic nitrogens is 1. The zero-order valence-corrected chi connectivity index (χ0v) is 12.7. The standard InChI is InChI=1S/C15H27N3O/c1-5-7-16-11-14-10-13(2)15(17-12-14)18(3)8-6-9-19-4/h10,12,16H,5-9,11H2,1-4H3. The highest BCUT2D eigenvalue weighted by Gasteiger charge is 2.06. The first-order valence-electron chi connectivity index (χ1n) is 7.05. The van der Waals surface area contributed by atoms with Crippen molar-refractivity contribution in [3.05, 3.63) is 23.4 Å². The van der Waals surface area contributed by atoms with E-state index in [0.717, 1.165) is 44.9 Å². The Morgan fingerprint density at radius 2 is 2.21 bits per heavy atom. The predicted octanol–water partition coefficient (Wildman–Crippen LogP) is 2.36. The van der Waals surface area contributed by atoms with E-state index in [1.165, 1.54) is 11.1 Å². The summed E-state index contributed by atoms with van der Waals surface area (Å²) in [5, 5.41) is 3.40. The fraction of sp³-hybridized carbons (Fsp3) is 0.667. The van der Waals surface area contributed by atoms with Crippen molar-refractivity contribution in [2.75, 3.05) is 38.8 Å². The van der Waals surface area contributed by atoms with Gasteiger partial charge in [-0.05, 0) is 43.5 Å². The molecule has 0 aliphatic carbocycles. The molecule has 0 saturated heterocycles. The molecular formula is C15H27N3O. The summed E-state index contributed by atoms with van der Waals surface area (Å²) in [5.74, 6) is 1.07. The predicted molar refractivity (Wildman–Crippen MR) is 80.7 cm³/mol. The van der Waals surface area contributed by atoms with Gasteiger partial charge in [0.25, 0.3) is 0 Å². The van der Waals surface area contributed by atoms with Crippen LogP contribution in [0.3, 0.4) is 0 Å². The molecule has 0 aliphatic rings. The number of hydrogen-bond acceptors (Lipinski definition) is 4. The Hall–Kier alpha value is -1.13. The van der Waals surface area contributed by atoms with Crippen molar-refractivity contribution in [1.29, 1.82) is 0 Å². The van der Waals surface area contributed by atoms with Crippen LogP contribution < -0.4 is 10.2 Å². The Kier molecular flexibility index (Phi) is 7.45. The van der Waals surface area contributed by atoms with Gasteiger partial charge >= 0.3 is 0 Å². The Morgan fingerprint density at radius 3 is 2.84 bits per heavy atom. The molecule has 0 unspecified atom stereocenters. The van der Waals surface area contributed by atoms with Crippen LogP contribution in [0.25, 0.3) is 0 Å². The van der Waals surface area contributed by atoms with Crippen LogP contribution in [0.1, 0.15) is 30.9 Å². The number of hydrogen-bond donors (Lipinski definition) is 1. The number of ether oxygens (including phenoxy) is 1. The van der Waals surface area contributed by atoms with Crippen molar-refractivity contribution in [3.63, 3.8) is 0 Å². The van der Waals surface area contributed by atoms with Crippen molar-refractivity contribution < 1.29 is 4.74 Å². The van der Waals surface area contributed by atoms with Crippen LogP contribution in [-0.4, -0.2) is 38.8 Å². The first kappa shape index (κ1) is 15.9. The van der Waals surface area contributed by atoms with E-state index in [-0.39, 0.29) is 0 Å². The maximum absolute atomic E-state index is 5.08. The maximum Gasteiger partial charge on any atom is 0.131 e. The lowest BCUT2D eigenvalue weighted by atomic mass is 10.2. The van der Waals surface area contributed by atoms with Gasteiger partial charge in [0.05, 0.1) is 0 Å². The average molecular weight is 265 g/mol. The molecule has 0 saturated carbocycles. The monoisotopic (exact) mass is 265 g/mol. The quantitative estimate of drug-likeness (QED) is 0.696. The number of aryl methyl sites for hydroxylation is 1. The summed E-state index contributed by atoms with van der Waals surface area (Å²) in [7, 11) is 3.82. The van der Waals surface area contributed by atoms with Gasteiger partial charge in [-0.15, -0.1) is 0 Å². The van der Waals surface area contributed by atoms with Gasteiger partial charge in [0, 0.05) is 40.1 Å². The summed E-state index contributed by atoms with van der Waals surface area (Å²) in [6, 6.07) is 2.22. The summed E-state index contributed by atoms with van der Waals surface area (Å²) in [4.78, 5) is 6.77. The largest absolute Gasteiger partial charge is 0.385 e. The summed E-state index contributed by atoms with van der Waals surface area (Å²) in [6.07, 6.45) is 4.15. The van der Waals surface area contributed by atoms with Crippen LogP contribution in [0.2, 0.25) is 0 Å². The lowest BCUT2D eigenvalue weighted by molar-refractivity contribution is 0.196. The summed E-state index contributed by atoms with van der Waals surface area (Å²) < 4.78 is 5.08. The normalized spacial score (nSPS) is 10.7. The highest BCUT2D eigenvalue weighted by atomic mass is 16.5. The van der Waals surface area contributed by atoms with Gasteiger partial charge in [-0.25, -0.2) is 4.98 Å². The van der Waals surface area contributed by atoms with E-state index in [2.05, 4.69) is 42.2 Å². The molecule has 0 fully saturated rings. The van der Waals surface area contributed by atoms with E-state index >= 15 is 0 Å². The number of pyridine rings is 1. The van der Waals surface area contributed by atoms with Gasteiger partial charge < -0.3 is 15.0 Å². The molecule has 0 aliphatic heterocycles. The summed E-state index contributed by atoms with van der Waals surface area (Å²) in [5.41, 5.74) is 2.48. The van der Waals surface area contributed by atoms with Crippen LogP contribution in [0, 0.1) is 6.92 Å². The van der Waals surface area contributed by atoms with Crippen molar-refractivity contribution in [2.24, 2.45) is 0 Å². The van der Waals surface area contributed by atoms with E-state index in [0.29, 0.717) is 0 Å². The molecule has 1 rings (SSSR count). The molecule has 0 radical (unpaired) electrons. The van der Waals surface area contributed by atoms with E-state index in [9.17, 15) is 0 Å². The highest BCUT2D eigenvalue weighted by molar-refractivity contribution is 5.46. The highest BCUT2D eigenvalue weighted by Crippen LogP contribution is 2.16. The fourth-order valence-corrected chi connectivity index (χ4v) is 2.08. The van der Waals surface area contributed by atoms with Crippen LogP contribution in [-0.2, 0) is 11.3 Å². The van der Waals surface area contributed by atoms with Gasteiger partial charge in [0.1, 0.15) is 5.82 Å². The Balaban J connectivity index is 2.55. The summed E-state index contributed by atoms with van der Waals surface area (Å²) >= 11 is 0. The summed E-state index contributed by atoms with van der Waals surface area (Å²) in [6.45, 7) is 8.01. The fourth-order valence-electron chi connectivity index (χ4n) is 2.08. The lowest BCUT2D eigenvalue weighted by Crippen LogP contribution is -2.22. The van der Waals surface area contributed by atoms with E-state index in [1.54, 1.807) is 7.11 Å². The first-order valence-corrected chi connectivity index (χ1v) is 7.05. The van der Waals surface area contributed by atoms with Crippen molar-refractivity contribution >= 4 is 5.82 Å². The molecule has 4 nitrogen and oxygen atoms in total. The molecule has 0 amide bonds. The van der Waals surface area contributed by atoms with Gasteiger partial charge in [-0.2, -0.15) is 0 Å². The zero-order chi connectivity index (χ0) is 14.1. The molecule has 0 bridgehead atoms. The average Bonchev–Trinajstić information content (AvgIpc) is 2.39. The van der Waals surface area contributed by atoms with Crippen molar-refractivity contribution in [1.82, 2.24) is 10.3 Å². The number of rotatable bonds is 9. The maximum atomic E-state index is 5.08. The van der Waals surface area contributed by atoms with Crippen molar-refractivity contribution in [3.8, 4) is 0 Å². The topological polar surface area (TPSA) is 37.4 Å². The second-order valence-electron chi connectivity index (χ2n) is 4.93. The third kappa shape index (κ3) is 5.57. The number of nitrogens with zero attached hydrogens (tertiary/aromatic N) is 2. The molecule has 0 spiro atoms. The smallest absolute Gasteiger partial charge is 0.131 e. The zero-order valence-electron chi connectivity index (χ0n) is 12.7. The van der Waals surface area contributed by atoms with Crippen LogP contribution >= 0.6 is 0 Å². The van der Waals surface area contributed by atoms with Crippen molar-refractivity contribution in [2.45, 2.75) is 33.2 Å². The Labute approximate surface area is 117 Å². The van der Waals surface area contributed by atoms with E-state index in [4.69, 9.17) is 4.74 Å². The minimum Gasteiger partial charge on any atom is -0.385 e. The molecule has 4 heteroatoms.